The molecule has 0 unspecified atom stereocenters. The van der Waals surface area contributed by atoms with Crippen molar-refractivity contribution in [3.63, 3.8) is 0 Å². The molecule has 1 aromatic heterocycles. The highest BCUT2D eigenvalue weighted by Gasteiger charge is 2.24. The number of aryl methyl sites for hydroxylation is 3. The maximum atomic E-state index is 11.7. The minimum Gasteiger partial charge on any atom is -0.490 e. The normalized spacial score (nSPS) is 15.1. The zero-order valence-electron chi connectivity index (χ0n) is 17.4. The van der Waals surface area contributed by atoms with E-state index in [1.54, 1.807) is 13.1 Å². The van der Waals surface area contributed by atoms with Crippen LogP contribution < -0.4 is 15.0 Å². The van der Waals surface area contributed by atoms with Crippen LogP contribution in [0.2, 0.25) is 0 Å². The van der Waals surface area contributed by atoms with Gasteiger partial charge < -0.3 is 9.47 Å². The zero-order chi connectivity index (χ0) is 20.5. The Kier molecular flexibility index (Phi) is 5.14. The minimum atomic E-state index is -0.243. The summed E-state index contributed by atoms with van der Waals surface area (Å²) in [6.45, 7) is 9.27. The van der Waals surface area contributed by atoms with Gasteiger partial charge in [0.25, 0.3) is 11.6 Å². The van der Waals surface area contributed by atoms with Gasteiger partial charge in [0, 0.05) is 11.8 Å². The van der Waals surface area contributed by atoms with Crippen molar-refractivity contribution >= 4 is 0 Å². The lowest BCUT2D eigenvalue weighted by molar-refractivity contribution is 0.143. The van der Waals surface area contributed by atoms with Crippen molar-refractivity contribution in [2.75, 3.05) is 6.61 Å². The van der Waals surface area contributed by atoms with Gasteiger partial charge >= 0.3 is 0 Å². The Morgan fingerprint density at radius 3 is 2.76 bits per heavy atom. The Bertz CT molecular complexity index is 1120. The fraction of sp³-hybridized carbons (Fsp3) is 0.333. The second kappa shape index (κ2) is 7.74. The SMILES string of the molecule is CCc1cc(OC[C@@H]2Cn3cc(C)c(=O)nc3O2)ccc1-c1cccc(C)c1C. The van der Waals surface area contributed by atoms with Crippen molar-refractivity contribution in [1.82, 2.24) is 9.55 Å². The number of hydrogen-bond acceptors (Lipinski definition) is 4. The number of aromatic nitrogens is 2. The molecule has 1 aliphatic heterocycles. The Balaban J connectivity index is 1.49. The molecule has 4 rings (SSSR count). The van der Waals surface area contributed by atoms with Crippen LogP contribution in [0.1, 0.15) is 29.2 Å². The molecule has 1 aliphatic rings. The zero-order valence-corrected chi connectivity index (χ0v) is 17.4. The summed E-state index contributed by atoms with van der Waals surface area (Å²) in [5.74, 6) is 0.828. The lowest BCUT2D eigenvalue weighted by Gasteiger charge is -2.16. The monoisotopic (exact) mass is 390 g/mol. The highest BCUT2D eigenvalue weighted by molar-refractivity contribution is 5.72. The number of ether oxygens (including phenoxy) is 2. The molecule has 0 radical (unpaired) electrons. The lowest BCUT2D eigenvalue weighted by Crippen LogP contribution is -2.23. The van der Waals surface area contributed by atoms with Gasteiger partial charge in [-0.3, -0.25) is 9.36 Å². The van der Waals surface area contributed by atoms with Crippen molar-refractivity contribution in [1.29, 1.82) is 0 Å². The quantitative estimate of drug-likeness (QED) is 0.654. The van der Waals surface area contributed by atoms with Crippen molar-refractivity contribution in [2.24, 2.45) is 0 Å². The van der Waals surface area contributed by atoms with Crippen LogP contribution in [-0.2, 0) is 13.0 Å². The van der Waals surface area contributed by atoms with Gasteiger partial charge in [-0.2, -0.15) is 4.98 Å². The second-order valence-corrected chi connectivity index (χ2v) is 7.63. The van der Waals surface area contributed by atoms with E-state index < -0.39 is 0 Å². The maximum absolute atomic E-state index is 11.7. The van der Waals surface area contributed by atoms with Crippen LogP contribution in [0.15, 0.2) is 47.4 Å². The molecule has 0 fully saturated rings. The van der Waals surface area contributed by atoms with Gasteiger partial charge in [-0.25, -0.2) is 0 Å². The molecule has 5 heteroatoms. The molecule has 0 N–H and O–H groups in total. The first-order valence-electron chi connectivity index (χ1n) is 10.0. The lowest BCUT2D eigenvalue weighted by atomic mass is 9.92. The van der Waals surface area contributed by atoms with Gasteiger partial charge in [0.15, 0.2) is 6.10 Å². The van der Waals surface area contributed by atoms with Crippen molar-refractivity contribution in [3.8, 4) is 22.9 Å². The first-order valence-corrected chi connectivity index (χ1v) is 10.0. The molecular formula is C24H26N2O3. The standard InChI is InChI=1S/C24H26N2O3/c1-5-18-11-19(9-10-22(18)21-8-6-7-15(2)17(21)4)28-14-20-13-26-12-16(3)23(27)25-24(26)29-20/h6-12,20H,5,13-14H2,1-4H3/t20-/m0/s1. The van der Waals surface area contributed by atoms with Crippen LogP contribution in [0.4, 0.5) is 0 Å². The smallest absolute Gasteiger partial charge is 0.300 e. The van der Waals surface area contributed by atoms with E-state index in [2.05, 4.69) is 56.1 Å². The van der Waals surface area contributed by atoms with Gasteiger partial charge in [0.05, 0.1) is 6.54 Å². The van der Waals surface area contributed by atoms with Crippen LogP contribution >= 0.6 is 0 Å². The van der Waals surface area contributed by atoms with E-state index in [1.165, 1.54) is 27.8 Å². The summed E-state index contributed by atoms with van der Waals surface area (Å²) >= 11 is 0. The highest BCUT2D eigenvalue weighted by Crippen LogP contribution is 2.31. The molecule has 0 saturated carbocycles. The van der Waals surface area contributed by atoms with Crippen molar-refractivity contribution < 1.29 is 9.47 Å². The molecule has 29 heavy (non-hydrogen) atoms. The molecule has 1 atom stereocenters. The van der Waals surface area contributed by atoms with E-state index in [0.717, 1.165) is 12.2 Å². The topological polar surface area (TPSA) is 53.4 Å². The van der Waals surface area contributed by atoms with Crippen LogP contribution in [-0.4, -0.2) is 22.3 Å². The van der Waals surface area contributed by atoms with Crippen LogP contribution in [0, 0.1) is 20.8 Å². The van der Waals surface area contributed by atoms with Gasteiger partial charge in [-0.15, -0.1) is 0 Å². The maximum Gasteiger partial charge on any atom is 0.300 e. The number of fused-ring (bicyclic) bond motifs is 1. The van der Waals surface area contributed by atoms with Crippen LogP contribution in [0.3, 0.4) is 0 Å². The van der Waals surface area contributed by atoms with Crippen molar-refractivity contribution in [2.45, 2.75) is 46.8 Å². The summed E-state index contributed by atoms with van der Waals surface area (Å²) in [5, 5.41) is 0. The summed E-state index contributed by atoms with van der Waals surface area (Å²) in [4.78, 5) is 15.7. The predicted molar refractivity (Wildman–Crippen MR) is 114 cm³/mol. The van der Waals surface area contributed by atoms with Gasteiger partial charge in [-0.1, -0.05) is 31.2 Å². The Morgan fingerprint density at radius 1 is 1.14 bits per heavy atom. The van der Waals surface area contributed by atoms with E-state index in [1.807, 2.05) is 10.6 Å². The summed E-state index contributed by atoms with van der Waals surface area (Å²) in [6, 6.07) is 13.1. The Labute approximate surface area is 170 Å². The average Bonchev–Trinajstić information content (AvgIpc) is 3.10. The summed E-state index contributed by atoms with van der Waals surface area (Å²) < 4.78 is 13.7. The largest absolute Gasteiger partial charge is 0.490 e. The molecule has 0 spiro atoms. The average molecular weight is 390 g/mol. The third kappa shape index (κ3) is 3.77. The van der Waals surface area contributed by atoms with E-state index in [0.29, 0.717) is 24.7 Å². The van der Waals surface area contributed by atoms with E-state index in [4.69, 9.17) is 9.47 Å². The van der Waals surface area contributed by atoms with Crippen LogP contribution in [0.5, 0.6) is 11.8 Å². The third-order valence-corrected chi connectivity index (χ3v) is 5.59. The van der Waals surface area contributed by atoms with Gasteiger partial charge in [0.2, 0.25) is 0 Å². The molecule has 0 bridgehead atoms. The minimum absolute atomic E-state index is 0.160. The fourth-order valence-electron chi connectivity index (χ4n) is 3.75. The second-order valence-electron chi connectivity index (χ2n) is 7.63. The van der Waals surface area contributed by atoms with E-state index in [-0.39, 0.29) is 11.7 Å². The third-order valence-electron chi connectivity index (χ3n) is 5.59. The number of hydrogen-bond donors (Lipinski definition) is 0. The molecule has 0 aliphatic carbocycles. The number of rotatable bonds is 5. The predicted octanol–water partition coefficient (Wildman–Crippen LogP) is 4.24. The first kappa shape index (κ1) is 19.2. The summed E-state index contributed by atoms with van der Waals surface area (Å²) in [5.41, 5.74) is 6.77. The highest BCUT2D eigenvalue weighted by atomic mass is 16.6. The summed E-state index contributed by atoms with van der Waals surface area (Å²) in [7, 11) is 0. The molecule has 0 amide bonds. The Hall–Kier alpha value is -3.08. The molecule has 5 nitrogen and oxygen atoms in total. The van der Waals surface area contributed by atoms with E-state index in [9.17, 15) is 4.79 Å². The molecular weight excluding hydrogens is 364 g/mol. The molecule has 2 aromatic carbocycles. The summed E-state index contributed by atoms with van der Waals surface area (Å²) in [6.07, 6.45) is 2.56. The molecule has 150 valence electrons. The number of benzene rings is 2. The van der Waals surface area contributed by atoms with Crippen LogP contribution in [0.25, 0.3) is 11.1 Å². The molecule has 0 saturated heterocycles. The van der Waals surface area contributed by atoms with Gasteiger partial charge in [-0.05, 0) is 67.1 Å². The number of nitrogens with zero attached hydrogens (tertiary/aromatic N) is 2. The Morgan fingerprint density at radius 2 is 1.97 bits per heavy atom. The fourth-order valence-corrected chi connectivity index (χ4v) is 3.75. The first-order chi connectivity index (χ1) is 14.0. The van der Waals surface area contributed by atoms with Gasteiger partial charge in [0.1, 0.15) is 12.4 Å². The molecule has 2 heterocycles. The van der Waals surface area contributed by atoms with E-state index >= 15 is 0 Å². The van der Waals surface area contributed by atoms with Crippen molar-refractivity contribution in [3.05, 3.63) is 75.2 Å². The molecule has 3 aromatic rings.